The average molecular weight is 386 g/mol. The number of hydrogen-bond donors (Lipinski definition) is 0. The van der Waals surface area contributed by atoms with Gasteiger partial charge in [-0.15, -0.1) is 5.01 Å². The van der Waals surface area contributed by atoms with Crippen LogP contribution in [0.4, 0.5) is 5.00 Å². The van der Waals surface area contributed by atoms with Crippen molar-refractivity contribution in [3.63, 3.8) is 0 Å². The fourth-order valence-electron chi connectivity index (χ4n) is 2.89. The smallest absolute Gasteiger partial charge is 0.207 e. The molecule has 0 aliphatic carbocycles. The molecule has 0 amide bonds. The zero-order valence-electron chi connectivity index (χ0n) is 11.3. The van der Waals surface area contributed by atoms with E-state index in [0.717, 1.165) is 4.59 Å². The summed E-state index contributed by atoms with van der Waals surface area (Å²) in [6.07, 6.45) is 1.22. The van der Waals surface area contributed by atoms with Crippen molar-refractivity contribution in [1.29, 1.82) is 0 Å². The highest BCUT2D eigenvalue weighted by Crippen LogP contribution is 2.40. The normalized spacial score (nSPS) is 27.2. The Morgan fingerprint density at radius 3 is 2.53 bits per heavy atom. The van der Waals surface area contributed by atoms with Crippen LogP contribution < -0.4 is 28.6 Å². The third-order valence-electron chi connectivity index (χ3n) is 4.15. The predicted octanol–water partition coefficient (Wildman–Crippen LogP) is 0.681. The molecule has 1 fully saturated rings. The van der Waals surface area contributed by atoms with Crippen molar-refractivity contribution in [1.82, 2.24) is 9.60 Å². The van der Waals surface area contributed by atoms with E-state index in [4.69, 9.17) is 0 Å². The Labute approximate surface area is 136 Å². The van der Waals surface area contributed by atoms with Crippen LogP contribution >= 0.6 is 11.3 Å². The highest BCUT2D eigenvalue weighted by molar-refractivity contribution is 7.13. The molecule has 0 N–H and O–H groups in total. The molecule has 1 aliphatic heterocycles. The molecule has 1 saturated heterocycles. The molecule has 0 radical (unpaired) electrons. The number of thiophene rings is 1. The largest absolute Gasteiger partial charge is 1.00 e. The van der Waals surface area contributed by atoms with Gasteiger partial charge in [-0.25, -0.2) is 4.59 Å². The summed E-state index contributed by atoms with van der Waals surface area (Å²) in [4.78, 5) is 0. The lowest BCUT2D eigenvalue weighted by Gasteiger charge is -2.35. The second-order valence-corrected chi connectivity index (χ2v) is 6.03. The zero-order valence-corrected chi connectivity index (χ0v) is 14.3. The van der Waals surface area contributed by atoms with Gasteiger partial charge in [0.05, 0.1) is 13.1 Å². The first kappa shape index (κ1) is 15.0. The van der Waals surface area contributed by atoms with Gasteiger partial charge in [-0.3, -0.25) is 0 Å². The van der Waals surface area contributed by atoms with Crippen molar-refractivity contribution in [3.8, 4) is 0 Å². The number of rotatable bonds is 2. The van der Waals surface area contributed by atoms with Gasteiger partial charge in [0.1, 0.15) is 6.54 Å². The van der Waals surface area contributed by atoms with Crippen LogP contribution in [0.3, 0.4) is 0 Å². The molecule has 2 aromatic rings. The molecule has 2 atom stereocenters. The maximum absolute atomic E-state index is 2.49. The van der Waals surface area contributed by atoms with Crippen LogP contribution in [0.5, 0.6) is 0 Å². The Morgan fingerprint density at radius 2 is 1.89 bits per heavy atom. The van der Waals surface area contributed by atoms with Gasteiger partial charge in [-0.05, 0) is 17.0 Å². The molecule has 1 aliphatic rings. The molecule has 0 saturated carbocycles. The number of hydrogen-bond acceptors (Lipinski definition) is 2. The molecule has 2 unspecified atom stereocenters. The van der Waals surface area contributed by atoms with Gasteiger partial charge >= 0.3 is 0 Å². The van der Waals surface area contributed by atoms with E-state index < -0.39 is 0 Å². The monoisotopic (exact) mass is 386 g/mol. The first-order valence-corrected chi connectivity index (χ1v) is 7.27. The third-order valence-corrected chi connectivity index (χ3v) is 5.21. The molecule has 0 bridgehead atoms. The molecule has 0 spiro atoms. The molecular weight excluding hydrogens is 367 g/mol. The van der Waals surface area contributed by atoms with E-state index >= 15 is 0 Å². The Bertz CT molecular complexity index is 514. The highest BCUT2D eigenvalue weighted by Gasteiger charge is 2.43. The Balaban J connectivity index is 0.00000133. The van der Waals surface area contributed by atoms with Crippen LogP contribution in [-0.2, 0) is 0 Å². The molecule has 2 heterocycles. The molecular formula is C15H19IN2S. The van der Waals surface area contributed by atoms with Crippen LogP contribution in [-0.4, -0.2) is 25.6 Å². The quantitative estimate of drug-likeness (QED) is 0.542. The Hall–Kier alpha value is -0.430. The minimum atomic E-state index is 0. The average Bonchev–Trinajstić information content (AvgIpc) is 3.02. The molecule has 1 aromatic carbocycles. The first-order valence-electron chi connectivity index (χ1n) is 6.40. The molecule has 1 aromatic heterocycles. The summed E-state index contributed by atoms with van der Waals surface area (Å²) in [7, 11) is 4.55. The molecule has 102 valence electrons. The molecule has 2 nitrogen and oxygen atoms in total. The maximum Gasteiger partial charge on any atom is 0.207 e. The van der Waals surface area contributed by atoms with Crippen molar-refractivity contribution in [3.05, 3.63) is 53.4 Å². The SMILES string of the molecule is CN1C(c2ccccc2)CC[N+]1(C)c1cccs1.[I-]. The summed E-state index contributed by atoms with van der Waals surface area (Å²) in [6, 6.07) is 15.8. The van der Waals surface area contributed by atoms with Gasteiger partial charge in [0.2, 0.25) is 5.00 Å². The maximum atomic E-state index is 2.49. The summed E-state index contributed by atoms with van der Waals surface area (Å²) in [5, 5.41) is 6.08. The number of halogens is 1. The van der Waals surface area contributed by atoms with E-state index in [1.165, 1.54) is 23.5 Å². The van der Waals surface area contributed by atoms with Crippen molar-refractivity contribution in [2.24, 2.45) is 0 Å². The van der Waals surface area contributed by atoms with E-state index in [1.807, 2.05) is 11.3 Å². The van der Waals surface area contributed by atoms with E-state index in [0.29, 0.717) is 6.04 Å². The standard InChI is InChI=1S/C15H19N2S.HI/c1-16-14(13-7-4-3-5-8-13)10-11-17(16,2)15-9-6-12-18-15;/h3-9,12,14H,10-11H2,1-2H3;1H/q+1;/p-1. The minimum Gasteiger partial charge on any atom is -1.00 e. The van der Waals surface area contributed by atoms with E-state index in [-0.39, 0.29) is 24.0 Å². The van der Waals surface area contributed by atoms with Crippen LogP contribution in [0.1, 0.15) is 18.0 Å². The topological polar surface area (TPSA) is 3.24 Å². The van der Waals surface area contributed by atoms with Crippen LogP contribution in [0, 0.1) is 0 Å². The van der Waals surface area contributed by atoms with Crippen molar-refractivity contribution in [2.45, 2.75) is 12.5 Å². The Morgan fingerprint density at radius 1 is 1.16 bits per heavy atom. The number of benzene rings is 1. The van der Waals surface area contributed by atoms with Gasteiger partial charge in [0.25, 0.3) is 0 Å². The van der Waals surface area contributed by atoms with Gasteiger partial charge in [-0.2, -0.15) is 0 Å². The summed E-state index contributed by atoms with van der Waals surface area (Å²) < 4.78 is 0.928. The minimum absolute atomic E-state index is 0. The third kappa shape index (κ3) is 2.59. The van der Waals surface area contributed by atoms with Crippen molar-refractivity contribution in [2.75, 3.05) is 20.6 Å². The molecule has 3 rings (SSSR count). The molecule has 4 heteroatoms. The van der Waals surface area contributed by atoms with Gasteiger partial charge in [0, 0.05) is 19.5 Å². The highest BCUT2D eigenvalue weighted by atomic mass is 127. The van der Waals surface area contributed by atoms with Crippen LogP contribution in [0.15, 0.2) is 47.8 Å². The second-order valence-electron chi connectivity index (χ2n) is 5.10. The fourth-order valence-corrected chi connectivity index (χ4v) is 3.79. The van der Waals surface area contributed by atoms with Crippen LogP contribution in [0.2, 0.25) is 0 Å². The molecule has 19 heavy (non-hydrogen) atoms. The zero-order chi connectivity index (χ0) is 12.6. The fraction of sp³-hybridized carbons (Fsp3) is 0.333. The predicted molar refractivity (Wildman–Crippen MR) is 78.5 cm³/mol. The van der Waals surface area contributed by atoms with E-state index in [1.54, 1.807) is 0 Å². The van der Waals surface area contributed by atoms with Crippen LogP contribution in [0.25, 0.3) is 0 Å². The first-order chi connectivity index (χ1) is 8.72. The van der Waals surface area contributed by atoms with E-state index in [9.17, 15) is 0 Å². The van der Waals surface area contributed by atoms with Gasteiger partial charge in [-0.1, -0.05) is 41.7 Å². The summed E-state index contributed by atoms with van der Waals surface area (Å²) >= 11 is 1.85. The summed E-state index contributed by atoms with van der Waals surface area (Å²) in [5.41, 5.74) is 1.43. The Kier molecular flexibility index (Phi) is 4.66. The second kappa shape index (κ2) is 5.91. The van der Waals surface area contributed by atoms with E-state index in [2.05, 4.69) is 66.9 Å². The summed E-state index contributed by atoms with van der Waals surface area (Å²) in [6.45, 7) is 1.18. The van der Waals surface area contributed by atoms with Crippen molar-refractivity contribution < 1.29 is 24.0 Å². The van der Waals surface area contributed by atoms with Gasteiger partial charge < -0.3 is 24.0 Å². The lowest BCUT2D eigenvalue weighted by molar-refractivity contribution is -0.00000388. The summed E-state index contributed by atoms with van der Waals surface area (Å²) in [5.74, 6) is 0. The van der Waals surface area contributed by atoms with Crippen molar-refractivity contribution >= 4 is 16.3 Å². The number of quaternary nitrogens is 1. The lowest BCUT2D eigenvalue weighted by Crippen LogP contribution is -3.00. The lowest BCUT2D eigenvalue weighted by atomic mass is 10.1. The number of nitrogens with zero attached hydrogens (tertiary/aromatic N) is 2. The van der Waals surface area contributed by atoms with Gasteiger partial charge in [0.15, 0.2) is 0 Å².